The van der Waals surface area contributed by atoms with Crippen molar-refractivity contribution >= 4 is 50.0 Å². The van der Waals surface area contributed by atoms with Crippen molar-refractivity contribution in [2.24, 2.45) is 5.92 Å². The van der Waals surface area contributed by atoms with Gasteiger partial charge >= 0.3 is 18.1 Å². The number of anilines is 2. The number of aromatic nitrogens is 1. The van der Waals surface area contributed by atoms with Gasteiger partial charge in [-0.25, -0.2) is 22.6 Å². The monoisotopic (exact) mass is 714 g/mol. The number of rotatable bonds is 9. The van der Waals surface area contributed by atoms with Gasteiger partial charge in [0.05, 0.1) is 29.2 Å². The van der Waals surface area contributed by atoms with Crippen molar-refractivity contribution in [3.05, 3.63) is 89.9 Å². The highest BCUT2D eigenvalue weighted by molar-refractivity contribution is 7.92. The van der Waals surface area contributed by atoms with Crippen LogP contribution in [0.15, 0.2) is 77.8 Å². The smallest absolute Gasteiger partial charge is 0.491 e. The van der Waals surface area contributed by atoms with Gasteiger partial charge in [-0.1, -0.05) is 24.3 Å². The maximum absolute atomic E-state index is 14.7. The Morgan fingerprint density at radius 3 is 2.46 bits per heavy atom. The summed E-state index contributed by atoms with van der Waals surface area (Å²) in [6.07, 6.45) is -3.47. The number of nitrogens with zero attached hydrogens (tertiary/aromatic N) is 2. The minimum atomic E-state index is -5.48. The minimum absolute atomic E-state index is 0.0178. The van der Waals surface area contributed by atoms with Gasteiger partial charge in [0.2, 0.25) is 5.91 Å². The molecule has 1 saturated heterocycles. The van der Waals surface area contributed by atoms with Crippen molar-refractivity contribution in [1.29, 1.82) is 0 Å². The number of hydrogen-bond donors (Lipinski definition) is 2. The van der Waals surface area contributed by atoms with Crippen molar-refractivity contribution in [2.45, 2.75) is 47.7 Å². The Labute approximate surface area is 283 Å². The Hall–Kier alpha value is -5.25. The van der Waals surface area contributed by atoms with Crippen LogP contribution in [0.25, 0.3) is 10.8 Å². The average molecular weight is 715 g/mol. The molecular formula is C34H30F4N4O7S. The molecule has 2 heterocycles. The summed E-state index contributed by atoms with van der Waals surface area (Å²) >= 11 is 0. The summed E-state index contributed by atoms with van der Waals surface area (Å²) in [5, 5.41) is 3.72. The standard InChI is InChI=1S/C34H30F4N4O7S/c1-48-26-17-19(6-11-25(26)35)28(41-20-7-10-22-18(16-20)12-14-40-30(22)39)31(43)42-15-13-24(32(44)49-33(45)34(36,37)38)29(42)23-4-2-3-5-27(23)50(46,47)21-8-9-21/h2-7,10-12,14,16-17,21,24,28-29,41H,8-9,13,15H2,1H3,(H2,39,40)/t24-,28+,29+/m0/s1. The number of sulfone groups is 1. The van der Waals surface area contributed by atoms with Gasteiger partial charge in [0.25, 0.3) is 0 Å². The number of nitrogen functional groups attached to an aromatic ring is 1. The van der Waals surface area contributed by atoms with E-state index in [2.05, 4.69) is 15.0 Å². The first-order valence-corrected chi connectivity index (χ1v) is 17.0. The van der Waals surface area contributed by atoms with Crippen molar-refractivity contribution in [2.75, 3.05) is 24.7 Å². The zero-order valence-electron chi connectivity index (χ0n) is 26.3. The number of alkyl halides is 3. The number of pyridine rings is 1. The number of ether oxygens (including phenoxy) is 2. The van der Waals surface area contributed by atoms with Crippen LogP contribution in [0.4, 0.5) is 29.1 Å². The van der Waals surface area contributed by atoms with E-state index in [1.54, 1.807) is 24.3 Å². The highest BCUT2D eigenvalue weighted by Gasteiger charge is 2.50. The van der Waals surface area contributed by atoms with Crippen LogP contribution in [0.5, 0.6) is 5.75 Å². The predicted molar refractivity (Wildman–Crippen MR) is 172 cm³/mol. The number of carbonyl (C=O) groups excluding carboxylic acids is 3. The lowest BCUT2D eigenvalue weighted by atomic mass is 9.93. The van der Waals surface area contributed by atoms with E-state index in [1.807, 2.05) is 0 Å². The van der Waals surface area contributed by atoms with Crippen molar-refractivity contribution in [3.63, 3.8) is 0 Å². The lowest BCUT2D eigenvalue weighted by molar-refractivity contribution is -0.203. The highest BCUT2D eigenvalue weighted by Crippen LogP contribution is 2.45. The van der Waals surface area contributed by atoms with Crippen molar-refractivity contribution in [3.8, 4) is 5.75 Å². The molecule has 16 heteroatoms. The maximum Gasteiger partial charge on any atom is 0.491 e. The molecule has 3 atom stereocenters. The molecular weight excluding hydrogens is 684 g/mol. The van der Waals surface area contributed by atoms with Gasteiger partial charge < -0.3 is 25.4 Å². The number of methoxy groups -OCH3 is 1. The van der Waals surface area contributed by atoms with Crippen LogP contribution in [0.1, 0.15) is 42.5 Å². The third-order valence-electron chi connectivity index (χ3n) is 8.78. The number of fused-ring (bicyclic) bond motifs is 1. The molecule has 50 heavy (non-hydrogen) atoms. The van der Waals surface area contributed by atoms with Gasteiger partial charge in [0.15, 0.2) is 21.4 Å². The average Bonchev–Trinajstić information content (AvgIpc) is 3.86. The molecule has 262 valence electrons. The summed E-state index contributed by atoms with van der Waals surface area (Å²) in [7, 11) is -2.73. The Morgan fingerprint density at radius 1 is 1.02 bits per heavy atom. The number of nitrogens with two attached hydrogens (primary N) is 1. The van der Waals surface area contributed by atoms with Crippen LogP contribution in [-0.4, -0.2) is 61.2 Å². The molecule has 1 aromatic heterocycles. The Balaban J connectivity index is 1.45. The summed E-state index contributed by atoms with van der Waals surface area (Å²) in [6, 6.07) is 13.2. The number of benzene rings is 3. The second kappa shape index (κ2) is 13.2. The van der Waals surface area contributed by atoms with E-state index in [-0.39, 0.29) is 40.6 Å². The molecule has 1 aliphatic heterocycles. The van der Waals surface area contributed by atoms with Crippen LogP contribution in [0.3, 0.4) is 0 Å². The predicted octanol–water partition coefficient (Wildman–Crippen LogP) is 5.28. The number of hydrogen-bond acceptors (Lipinski definition) is 10. The van der Waals surface area contributed by atoms with Crippen LogP contribution < -0.4 is 15.8 Å². The molecule has 3 N–H and O–H groups in total. The number of carbonyl (C=O) groups is 3. The van der Waals surface area contributed by atoms with E-state index in [4.69, 9.17) is 10.5 Å². The zero-order valence-corrected chi connectivity index (χ0v) is 27.1. The number of halogens is 4. The lowest BCUT2D eigenvalue weighted by Gasteiger charge is -2.33. The van der Waals surface area contributed by atoms with Crippen molar-refractivity contribution < 1.29 is 49.8 Å². The van der Waals surface area contributed by atoms with E-state index in [0.29, 0.717) is 29.3 Å². The molecule has 11 nitrogen and oxygen atoms in total. The third kappa shape index (κ3) is 6.66. The first kappa shape index (κ1) is 34.6. The fraction of sp³-hybridized carbons (Fsp3) is 0.294. The molecule has 6 rings (SSSR count). The first-order valence-electron chi connectivity index (χ1n) is 15.4. The molecule has 0 unspecified atom stereocenters. The van der Waals surface area contributed by atoms with E-state index in [1.165, 1.54) is 54.6 Å². The Bertz CT molecular complexity index is 2110. The number of amides is 1. The van der Waals surface area contributed by atoms with Crippen LogP contribution in [0, 0.1) is 11.7 Å². The van der Waals surface area contributed by atoms with Gasteiger partial charge in [-0.3, -0.25) is 9.59 Å². The molecule has 1 saturated carbocycles. The first-order chi connectivity index (χ1) is 23.7. The molecule has 0 bridgehead atoms. The summed E-state index contributed by atoms with van der Waals surface area (Å²) in [6.45, 7) is -0.238. The number of esters is 2. The molecule has 0 spiro atoms. The number of likely N-dealkylation sites (tertiary alicyclic amines) is 1. The van der Waals surface area contributed by atoms with Gasteiger partial charge in [0, 0.05) is 23.8 Å². The fourth-order valence-corrected chi connectivity index (χ4v) is 8.11. The van der Waals surface area contributed by atoms with E-state index < -0.39 is 62.9 Å². The minimum Gasteiger partial charge on any atom is -0.494 e. The Kier molecular flexibility index (Phi) is 9.15. The van der Waals surface area contributed by atoms with E-state index in [9.17, 15) is 40.4 Å². The second-order valence-electron chi connectivity index (χ2n) is 12.0. The summed E-state index contributed by atoms with van der Waals surface area (Å²) in [4.78, 5) is 44.7. The summed E-state index contributed by atoms with van der Waals surface area (Å²) in [5.74, 6) is -7.24. The molecule has 2 aliphatic rings. The third-order valence-corrected chi connectivity index (χ3v) is 11.1. The van der Waals surface area contributed by atoms with Gasteiger partial charge in [0.1, 0.15) is 11.9 Å². The molecule has 0 radical (unpaired) electrons. The zero-order chi connectivity index (χ0) is 36.0. The Morgan fingerprint density at radius 2 is 1.76 bits per heavy atom. The van der Waals surface area contributed by atoms with Crippen LogP contribution >= 0.6 is 0 Å². The van der Waals surface area contributed by atoms with E-state index in [0.717, 1.165) is 6.07 Å². The summed E-state index contributed by atoms with van der Waals surface area (Å²) in [5.41, 5.74) is 6.59. The quantitative estimate of drug-likeness (QED) is 0.133. The van der Waals surface area contributed by atoms with Gasteiger partial charge in [-0.2, -0.15) is 13.2 Å². The fourth-order valence-electron chi connectivity index (χ4n) is 6.20. The number of nitrogens with one attached hydrogen (secondary N) is 1. The molecule has 3 aromatic carbocycles. The van der Waals surface area contributed by atoms with Crippen LogP contribution in [0.2, 0.25) is 0 Å². The van der Waals surface area contributed by atoms with Crippen LogP contribution in [-0.2, 0) is 29.0 Å². The highest BCUT2D eigenvalue weighted by atomic mass is 32.2. The van der Waals surface area contributed by atoms with Crippen molar-refractivity contribution in [1.82, 2.24) is 9.88 Å². The second-order valence-corrected chi connectivity index (χ2v) is 14.2. The van der Waals surface area contributed by atoms with Gasteiger partial charge in [-0.15, -0.1) is 0 Å². The lowest BCUT2D eigenvalue weighted by Crippen LogP contribution is -2.40. The topological polar surface area (TPSA) is 158 Å². The normalized spacial score (nSPS) is 18.5. The molecule has 1 aliphatic carbocycles. The SMILES string of the molecule is COc1cc([C@@H](Nc2ccc3c(N)nccc3c2)C(=O)N2CC[C@H](C(=O)OC(=O)C(F)(F)F)[C@H]2c2ccccc2S(=O)(=O)C2CC2)ccc1F. The van der Waals surface area contributed by atoms with Gasteiger partial charge in [-0.05, 0) is 78.2 Å². The summed E-state index contributed by atoms with van der Waals surface area (Å²) < 4.78 is 90.4. The maximum atomic E-state index is 14.7. The van der Waals surface area contributed by atoms with E-state index >= 15 is 0 Å². The molecule has 4 aromatic rings. The molecule has 2 fully saturated rings. The largest absolute Gasteiger partial charge is 0.494 e. The molecule has 1 amide bonds.